The highest BCUT2D eigenvalue weighted by atomic mass is 32.1. The average Bonchev–Trinajstić information content (AvgIpc) is 2.98. The number of rotatable bonds is 4. The minimum absolute atomic E-state index is 0.00214. The predicted octanol–water partition coefficient (Wildman–Crippen LogP) is 2.78. The first-order valence-corrected chi connectivity index (χ1v) is 6.82. The quantitative estimate of drug-likeness (QED) is 0.910. The number of thiophene rings is 1. The fourth-order valence-electron chi connectivity index (χ4n) is 1.85. The summed E-state index contributed by atoms with van der Waals surface area (Å²) in [6.07, 6.45) is -3.62. The summed E-state index contributed by atoms with van der Waals surface area (Å²) in [6, 6.07) is 6.12. The molecule has 5 nitrogen and oxygen atoms in total. The third-order valence-corrected chi connectivity index (χ3v) is 3.74. The van der Waals surface area contributed by atoms with Crippen LogP contribution in [0.5, 0.6) is 11.5 Å². The molecule has 3 rings (SSSR count). The van der Waals surface area contributed by atoms with Crippen LogP contribution in [-0.2, 0) is 6.54 Å². The molecule has 1 amide bonds. The van der Waals surface area contributed by atoms with Crippen LogP contribution in [0, 0.1) is 0 Å². The van der Waals surface area contributed by atoms with E-state index >= 15 is 0 Å². The van der Waals surface area contributed by atoms with Gasteiger partial charge in [-0.3, -0.25) is 4.79 Å². The van der Waals surface area contributed by atoms with Gasteiger partial charge in [0.25, 0.3) is 0 Å². The van der Waals surface area contributed by atoms with E-state index in [1.165, 1.54) is 23.5 Å². The molecule has 0 saturated carbocycles. The number of carbonyl (C=O) groups is 1. The molecule has 2 aromatic rings. The number of primary amides is 1. The van der Waals surface area contributed by atoms with E-state index in [0.29, 0.717) is 17.8 Å². The van der Waals surface area contributed by atoms with Gasteiger partial charge in [-0.05, 0) is 18.2 Å². The van der Waals surface area contributed by atoms with Crippen molar-refractivity contribution in [2.75, 3.05) is 5.32 Å². The zero-order valence-corrected chi connectivity index (χ0v) is 11.4. The van der Waals surface area contributed by atoms with Crippen LogP contribution in [0.15, 0.2) is 29.6 Å². The second kappa shape index (κ2) is 4.88. The molecule has 0 atom stereocenters. The van der Waals surface area contributed by atoms with Crippen molar-refractivity contribution in [1.82, 2.24) is 0 Å². The lowest BCUT2D eigenvalue weighted by atomic mass is 10.2. The lowest BCUT2D eigenvalue weighted by Gasteiger charge is -2.05. The Morgan fingerprint density at radius 1 is 1.29 bits per heavy atom. The number of anilines is 1. The van der Waals surface area contributed by atoms with E-state index in [1.54, 1.807) is 17.5 Å². The van der Waals surface area contributed by atoms with Gasteiger partial charge in [-0.25, -0.2) is 0 Å². The average molecular weight is 312 g/mol. The maximum Gasteiger partial charge on any atom is 0.586 e. The van der Waals surface area contributed by atoms with Gasteiger partial charge in [-0.1, -0.05) is 0 Å². The summed E-state index contributed by atoms with van der Waals surface area (Å²) in [5.41, 5.74) is 6.21. The molecule has 1 aromatic carbocycles. The monoisotopic (exact) mass is 312 g/mol. The number of nitrogens with two attached hydrogens (primary N) is 1. The van der Waals surface area contributed by atoms with Gasteiger partial charge in [0.1, 0.15) is 0 Å². The van der Waals surface area contributed by atoms with Crippen LogP contribution in [0.25, 0.3) is 0 Å². The summed E-state index contributed by atoms with van der Waals surface area (Å²) in [5.74, 6) is -0.505. The Morgan fingerprint density at radius 3 is 2.76 bits per heavy atom. The highest BCUT2D eigenvalue weighted by Gasteiger charge is 2.43. The normalized spacial score (nSPS) is 15.0. The number of hydrogen-bond donors (Lipinski definition) is 2. The molecule has 0 fully saturated rings. The summed E-state index contributed by atoms with van der Waals surface area (Å²) in [5, 5.41) is 4.71. The smallest absolute Gasteiger partial charge is 0.395 e. The maximum absolute atomic E-state index is 12.9. The van der Waals surface area contributed by atoms with Crippen molar-refractivity contribution >= 4 is 22.9 Å². The number of benzene rings is 1. The van der Waals surface area contributed by atoms with Gasteiger partial charge in [0, 0.05) is 28.6 Å². The summed E-state index contributed by atoms with van der Waals surface area (Å²) < 4.78 is 34.5. The molecule has 0 bridgehead atoms. The van der Waals surface area contributed by atoms with Crippen molar-refractivity contribution in [3.8, 4) is 11.5 Å². The Morgan fingerprint density at radius 2 is 2.05 bits per heavy atom. The minimum Gasteiger partial charge on any atom is -0.395 e. The molecule has 8 heteroatoms. The zero-order valence-electron chi connectivity index (χ0n) is 10.6. The molecule has 0 aliphatic carbocycles. The number of halogens is 2. The molecule has 0 radical (unpaired) electrons. The largest absolute Gasteiger partial charge is 0.586 e. The van der Waals surface area contributed by atoms with Crippen LogP contribution >= 0.6 is 11.3 Å². The van der Waals surface area contributed by atoms with E-state index in [2.05, 4.69) is 14.8 Å². The lowest BCUT2D eigenvalue weighted by molar-refractivity contribution is -0.286. The van der Waals surface area contributed by atoms with Crippen molar-refractivity contribution in [2.24, 2.45) is 5.73 Å². The van der Waals surface area contributed by atoms with Crippen molar-refractivity contribution in [2.45, 2.75) is 12.8 Å². The van der Waals surface area contributed by atoms with E-state index in [1.807, 2.05) is 0 Å². The molecule has 3 N–H and O–H groups in total. The first-order chi connectivity index (χ1) is 9.93. The molecule has 0 saturated heterocycles. The Labute approximate surface area is 122 Å². The van der Waals surface area contributed by atoms with Crippen LogP contribution in [0.2, 0.25) is 0 Å². The Bertz CT molecular complexity index is 702. The van der Waals surface area contributed by atoms with Crippen LogP contribution < -0.4 is 20.5 Å². The van der Waals surface area contributed by atoms with E-state index in [4.69, 9.17) is 5.73 Å². The van der Waals surface area contributed by atoms with E-state index in [9.17, 15) is 13.6 Å². The van der Waals surface area contributed by atoms with Crippen LogP contribution in [0.3, 0.4) is 0 Å². The first-order valence-electron chi connectivity index (χ1n) is 5.94. The summed E-state index contributed by atoms with van der Waals surface area (Å²) in [6.45, 7) is 0.438. The zero-order chi connectivity index (χ0) is 15.0. The number of carbonyl (C=O) groups excluding carboxylic acids is 1. The van der Waals surface area contributed by atoms with Crippen molar-refractivity contribution in [3.63, 3.8) is 0 Å². The lowest BCUT2D eigenvalue weighted by Crippen LogP contribution is -2.25. The first kappa shape index (κ1) is 13.6. The van der Waals surface area contributed by atoms with Gasteiger partial charge in [0.05, 0.1) is 5.56 Å². The Kier molecular flexibility index (Phi) is 3.17. The molecule has 110 valence electrons. The number of fused-ring (bicyclic) bond motifs is 1. The van der Waals surface area contributed by atoms with Crippen molar-refractivity contribution < 1.29 is 23.0 Å². The molecular formula is C13H10F2N2O3S. The fraction of sp³-hybridized carbons (Fsp3) is 0.154. The third-order valence-electron chi connectivity index (χ3n) is 2.81. The highest BCUT2D eigenvalue weighted by Crippen LogP contribution is 2.42. The number of alkyl halides is 2. The second-order valence-electron chi connectivity index (χ2n) is 4.35. The topological polar surface area (TPSA) is 73.6 Å². The molecule has 1 aromatic heterocycles. The molecule has 0 unspecified atom stereocenters. The fourth-order valence-corrected chi connectivity index (χ4v) is 2.66. The van der Waals surface area contributed by atoms with Crippen LogP contribution in [0.4, 0.5) is 14.5 Å². The van der Waals surface area contributed by atoms with Crippen LogP contribution in [-0.4, -0.2) is 12.2 Å². The SMILES string of the molecule is NC(=O)c1csc(CNc2ccc3c(c2)OC(F)(F)O3)c1. The van der Waals surface area contributed by atoms with E-state index in [-0.39, 0.29) is 11.5 Å². The highest BCUT2D eigenvalue weighted by molar-refractivity contribution is 7.10. The van der Waals surface area contributed by atoms with E-state index in [0.717, 1.165) is 4.88 Å². The van der Waals surface area contributed by atoms with Gasteiger partial charge < -0.3 is 20.5 Å². The van der Waals surface area contributed by atoms with Gasteiger partial charge in [0.15, 0.2) is 11.5 Å². The molecule has 1 aliphatic heterocycles. The number of amides is 1. The number of ether oxygens (including phenoxy) is 2. The molecule has 21 heavy (non-hydrogen) atoms. The standard InChI is InChI=1S/C13H10F2N2O3S/c14-13(15)19-10-2-1-8(4-11(10)20-13)17-5-9-3-7(6-21-9)12(16)18/h1-4,6,17H,5H2,(H2,16,18). The second-order valence-corrected chi connectivity index (χ2v) is 5.34. The molecule has 0 spiro atoms. The van der Waals surface area contributed by atoms with Crippen molar-refractivity contribution in [3.05, 3.63) is 40.1 Å². The third kappa shape index (κ3) is 2.89. The Hall–Kier alpha value is -2.35. The number of nitrogens with one attached hydrogen (secondary N) is 1. The number of hydrogen-bond acceptors (Lipinski definition) is 5. The van der Waals surface area contributed by atoms with Gasteiger partial charge in [-0.2, -0.15) is 0 Å². The van der Waals surface area contributed by atoms with Crippen LogP contribution in [0.1, 0.15) is 15.2 Å². The molecular weight excluding hydrogens is 302 g/mol. The van der Waals surface area contributed by atoms with E-state index < -0.39 is 12.2 Å². The molecule has 1 aliphatic rings. The minimum atomic E-state index is -3.62. The summed E-state index contributed by atoms with van der Waals surface area (Å²) in [7, 11) is 0. The van der Waals surface area contributed by atoms with Crippen molar-refractivity contribution in [1.29, 1.82) is 0 Å². The maximum atomic E-state index is 12.9. The van der Waals surface area contributed by atoms with Gasteiger partial charge in [-0.15, -0.1) is 20.1 Å². The summed E-state index contributed by atoms with van der Waals surface area (Å²) >= 11 is 1.38. The van der Waals surface area contributed by atoms with Gasteiger partial charge >= 0.3 is 6.29 Å². The predicted molar refractivity (Wildman–Crippen MR) is 72.8 cm³/mol. The summed E-state index contributed by atoms with van der Waals surface area (Å²) in [4.78, 5) is 11.9. The Balaban J connectivity index is 1.68. The molecule has 2 heterocycles. The van der Waals surface area contributed by atoms with Gasteiger partial charge in [0.2, 0.25) is 5.91 Å².